The Kier molecular flexibility index (Phi) is 7.28. The van der Waals surface area contributed by atoms with Gasteiger partial charge in [-0.3, -0.25) is 4.79 Å². The zero-order valence-corrected chi connectivity index (χ0v) is 11.8. The van der Waals surface area contributed by atoms with E-state index in [1.807, 2.05) is 6.92 Å². The summed E-state index contributed by atoms with van der Waals surface area (Å²) in [5.41, 5.74) is 5.60. The summed E-state index contributed by atoms with van der Waals surface area (Å²) in [6.45, 7) is 3.47. The van der Waals surface area contributed by atoms with Gasteiger partial charge in [0.05, 0.1) is 0 Å². The van der Waals surface area contributed by atoms with Crippen molar-refractivity contribution in [3.05, 3.63) is 0 Å². The summed E-state index contributed by atoms with van der Waals surface area (Å²) in [4.78, 5) is 12.1. The van der Waals surface area contributed by atoms with Crippen molar-refractivity contribution in [3.63, 3.8) is 0 Å². The van der Waals surface area contributed by atoms with Crippen LogP contribution >= 0.6 is 0 Å². The minimum absolute atomic E-state index is 0.195. The average Bonchev–Trinajstić information content (AvgIpc) is 2.37. The fraction of sp³-hybridized carbons (Fsp3) is 0.929. The standard InChI is InChI=1S/C14H28N2O2/c1-11(7-9-18-2)16-14(17)13-5-3-4-12(10-13)6-8-15/h11-13H,3-10,15H2,1-2H3,(H,16,17). The third-order valence-electron chi connectivity index (χ3n) is 3.87. The van der Waals surface area contributed by atoms with Crippen LogP contribution in [-0.4, -0.2) is 32.2 Å². The maximum absolute atomic E-state index is 12.1. The van der Waals surface area contributed by atoms with E-state index in [0.717, 1.165) is 38.6 Å². The Bertz CT molecular complexity index is 244. The predicted molar refractivity (Wildman–Crippen MR) is 73.2 cm³/mol. The van der Waals surface area contributed by atoms with Crippen LogP contribution in [0, 0.1) is 11.8 Å². The number of amides is 1. The maximum atomic E-state index is 12.1. The molecule has 18 heavy (non-hydrogen) atoms. The topological polar surface area (TPSA) is 64.3 Å². The second kappa shape index (κ2) is 8.48. The van der Waals surface area contributed by atoms with Crippen molar-refractivity contribution in [2.75, 3.05) is 20.3 Å². The van der Waals surface area contributed by atoms with Crippen LogP contribution in [0.2, 0.25) is 0 Å². The summed E-state index contributed by atoms with van der Waals surface area (Å²) in [6.07, 6.45) is 6.38. The molecule has 0 aromatic carbocycles. The molecule has 0 aromatic rings. The number of nitrogens with two attached hydrogens (primary N) is 1. The largest absolute Gasteiger partial charge is 0.385 e. The fourth-order valence-electron chi connectivity index (χ4n) is 2.75. The molecule has 0 aromatic heterocycles. The smallest absolute Gasteiger partial charge is 0.223 e. The molecule has 1 saturated carbocycles. The van der Waals surface area contributed by atoms with Crippen LogP contribution in [0.3, 0.4) is 0 Å². The minimum Gasteiger partial charge on any atom is -0.385 e. The molecule has 4 heteroatoms. The first kappa shape index (κ1) is 15.4. The van der Waals surface area contributed by atoms with Gasteiger partial charge in [0.1, 0.15) is 0 Å². The van der Waals surface area contributed by atoms with Crippen molar-refractivity contribution in [1.82, 2.24) is 5.32 Å². The molecule has 1 aliphatic rings. The van der Waals surface area contributed by atoms with Gasteiger partial charge in [0.15, 0.2) is 0 Å². The van der Waals surface area contributed by atoms with Gasteiger partial charge in [-0.2, -0.15) is 0 Å². The summed E-state index contributed by atoms with van der Waals surface area (Å²) in [7, 11) is 1.69. The first-order valence-electron chi connectivity index (χ1n) is 7.16. The van der Waals surface area contributed by atoms with E-state index in [4.69, 9.17) is 10.5 Å². The van der Waals surface area contributed by atoms with E-state index in [1.165, 1.54) is 6.42 Å². The normalized spacial score (nSPS) is 25.7. The van der Waals surface area contributed by atoms with E-state index in [-0.39, 0.29) is 17.9 Å². The van der Waals surface area contributed by atoms with E-state index in [2.05, 4.69) is 5.32 Å². The summed E-state index contributed by atoms with van der Waals surface area (Å²) in [6, 6.07) is 0.201. The maximum Gasteiger partial charge on any atom is 0.223 e. The lowest BCUT2D eigenvalue weighted by atomic mass is 9.79. The minimum atomic E-state index is 0.195. The van der Waals surface area contributed by atoms with Crippen LogP contribution in [0.15, 0.2) is 0 Å². The second-order valence-corrected chi connectivity index (χ2v) is 5.50. The summed E-state index contributed by atoms with van der Waals surface area (Å²) in [5.74, 6) is 1.06. The second-order valence-electron chi connectivity index (χ2n) is 5.50. The Balaban J connectivity index is 2.31. The lowest BCUT2D eigenvalue weighted by molar-refractivity contribution is -0.127. The summed E-state index contributed by atoms with van der Waals surface area (Å²) in [5, 5.41) is 3.10. The molecule has 3 N–H and O–H groups in total. The molecule has 0 spiro atoms. The van der Waals surface area contributed by atoms with Gasteiger partial charge in [0.2, 0.25) is 5.91 Å². The monoisotopic (exact) mass is 256 g/mol. The number of methoxy groups -OCH3 is 1. The Morgan fingerprint density at radius 2 is 2.28 bits per heavy atom. The van der Waals surface area contributed by atoms with Gasteiger partial charge < -0.3 is 15.8 Å². The van der Waals surface area contributed by atoms with Gasteiger partial charge in [0, 0.05) is 25.7 Å². The molecule has 3 atom stereocenters. The van der Waals surface area contributed by atoms with Gasteiger partial charge in [-0.15, -0.1) is 0 Å². The van der Waals surface area contributed by atoms with Crippen LogP contribution in [0.1, 0.15) is 45.4 Å². The van der Waals surface area contributed by atoms with Crippen molar-refractivity contribution in [2.45, 2.75) is 51.5 Å². The average molecular weight is 256 g/mol. The quantitative estimate of drug-likeness (QED) is 0.728. The molecule has 0 radical (unpaired) electrons. The highest BCUT2D eigenvalue weighted by Crippen LogP contribution is 2.30. The molecule has 4 nitrogen and oxygen atoms in total. The van der Waals surface area contributed by atoms with E-state index in [0.29, 0.717) is 12.5 Å². The van der Waals surface area contributed by atoms with E-state index < -0.39 is 0 Å². The van der Waals surface area contributed by atoms with Crippen molar-refractivity contribution in [3.8, 4) is 0 Å². The molecule has 0 saturated heterocycles. The zero-order valence-electron chi connectivity index (χ0n) is 11.8. The van der Waals surface area contributed by atoms with Crippen molar-refractivity contribution < 1.29 is 9.53 Å². The number of nitrogens with one attached hydrogen (secondary N) is 1. The van der Waals surface area contributed by atoms with Crippen LogP contribution in [0.5, 0.6) is 0 Å². The molecule has 1 aliphatic carbocycles. The van der Waals surface area contributed by atoms with E-state index in [1.54, 1.807) is 7.11 Å². The fourth-order valence-corrected chi connectivity index (χ4v) is 2.75. The highest BCUT2D eigenvalue weighted by Gasteiger charge is 2.27. The number of carbonyl (C=O) groups excluding carboxylic acids is 1. The molecule has 0 aliphatic heterocycles. The van der Waals surface area contributed by atoms with Gasteiger partial charge in [0.25, 0.3) is 0 Å². The first-order chi connectivity index (χ1) is 8.67. The number of hydrogen-bond acceptors (Lipinski definition) is 3. The SMILES string of the molecule is COCCC(C)NC(=O)C1CCCC(CCN)C1. The molecular formula is C14H28N2O2. The predicted octanol–water partition coefficient (Wildman–Crippen LogP) is 1.68. The van der Waals surface area contributed by atoms with Crippen LogP contribution in [-0.2, 0) is 9.53 Å². The number of rotatable bonds is 7. The molecule has 0 heterocycles. The van der Waals surface area contributed by atoms with Gasteiger partial charge in [-0.1, -0.05) is 12.8 Å². The molecule has 3 unspecified atom stereocenters. The van der Waals surface area contributed by atoms with Crippen molar-refractivity contribution in [1.29, 1.82) is 0 Å². The Morgan fingerprint density at radius 1 is 1.50 bits per heavy atom. The van der Waals surface area contributed by atoms with Gasteiger partial charge in [-0.25, -0.2) is 0 Å². The molecule has 0 bridgehead atoms. The Hall–Kier alpha value is -0.610. The Morgan fingerprint density at radius 3 is 2.94 bits per heavy atom. The Labute approximate surface area is 111 Å². The number of carbonyl (C=O) groups is 1. The summed E-state index contributed by atoms with van der Waals surface area (Å²) >= 11 is 0. The molecule has 1 amide bonds. The highest BCUT2D eigenvalue weighted by molar-refractivity contribution is 5.79. The zero-order chi connectivity index (χ0) is 13.4. The van der Waals surface area contributed by atoms with Crippen molar-refractivity contribution in [2.24, 2.45) is 17.6 Å². The molecule has 106 valence electrons. The van der Waals surface area contributed by atoms with Gasteiger partial charge >= 0.3 is 0 Å². The number of hydrogen-bond donors (Lipinski definition) is 2. The third-order valence-corrected chi connectivity index (χ3v) is 3.87. The number of ether oxygens (including phenoxy) is 1. The lowest BCUT2D eigenvalue weighted by Gasteiger charge is -2.29. The summed E-state index contributed by atoms with van der Waals surface area (Å²) < 4.78 is 5.02. The highest BCUT2D eigenvalue weighted by atomic mass is 16.5. The molecule has 1 fully saturated rings. The molecule has 1 rings (SSSR count). The van der Waals surface area contributed by atoms with E-state index >= 15 is 0 Å². The first-order valence-corrected chi connectivity index (χ1v) is 7.16. The van der Waals surface area contributed by atoms with Crippen molar-refractivity contribution >= 4 is 5.91 Å². The lowest BCUT2D eigenvalue weighted by Crippen LogP contribution is -2.39. The third kappa shape index (κ3) is 5.36. The van der Waals surface area contributed by atoms with Gasteiger partial charge in [-0.05, 0) is 45.1 Å². The van der Waals surface area contributed by atoms with E-state index in [9.17, 15) is 4.79 Å². The van der Waals surface area contributed by atoms with Crippen LogP contribution in [0.4, 0.5) is 0 Å². The van der Waals surface area contributed by atoms with Crippen LogP contribution in [0.25, 0.3) is 0 Å². The van der Waals surface area contributed by atoms with Crippen LogP contribution < -0.4 is 11.1 Å². The molecular weight excluding hydrogens is 228 g/mol.